The maximum Gasteiger partial charge on any atom is 0.256 e. The maximum absolute atomic E-state index is 12.6. The number of nitrogens with zero attached hydrogens (tertiary/aromatic N) is 1. The van der Waals surface area contributed by atoms with Crippen molar-refractivity contribution in [3.05, 3.63) is 35.9 Å². The van der Waals surface area contributed by atoms with Gasteiger partial charge in [-0.1, -0.05) is 30.3 Å². The predicted octanol–water partition coefficient (Wildman–Crippen LogP) is 1.57. The Balaban J connectivity index is 2.11. The number of carbonyl (C=O) groups is 1. The number of benzene rings is 1. The number of amides is 1. The molecular weight excluding hydrogens is 240 g/mol. The summed E-state index contributed by atoms with van der Waals surface area (Å²) in [4.78, 5) is 14.3. The van der Waals surface area contributed by atoms with Crippen molar-refractivity contribution in [3.63, 3.8) is 0 Å². The summed E-state index contributed by atoms with van der Waals surface area (Å²) in [6.07, 6.45) is 1.80. The van der Waals surface area contributed by atoms with Gasteiger partial charge in [0.2, 0.25) is 0 Å². The second kappa shape index (κ2) is 6.17. The molecule has 0 bridgehead atoms. The Morgan fingerprint density at radius 3 is 2.53 bits per heavy atom. The van der Waals surface area contributed by atoms with E-state index in [4.69, 9.17) is 10.5 Å². The topological polar surface area (TPSA) is 55.6 Å². The van der Waals surface area contributed by atoms with Crippen molar-refractivity contribution in [2.45, 2.75) is 25.0 Å². The minimum atomic E-state index is -0.543. The molecule has 19 heavy (non-hydrogen) atoms. The van der Waals surface area contributed by atoms with Crippen molar-refractivity contribution >= 4 is 5.91 Å². The Hall–Kier alpha value is -1.39. The van der Waals surface area contributed by atoms with E-state index in [1.54, 1.807) is 12.0 Å². The first-order valence-corrected chi connectivity index (χ1v) is 6.73. The number of nitrogens with two attached hydrogens (primary N) is 1. The molecule has 1 amide bonds. The normalized spacial score (nSPS) is 17.8. The fourth-order valence-electron chi connectivity index (χ4n) is 2.50. The summed E-state index contributed by atoms with van der Waals surface area (Å²) in [5.74, 6) is 0.545. The molecule has 1 aromatic rings. The number of hydrogen-bond donors (Lipinski definition) is 1. The van der Waals surface area contributed by atoms with E-state index >= 15 is 0 Å². The smallest absolute Gasteiger partial charge is 0.256 e. The summed E-state index contributed by atoms with van der Waals surface area (Å²) in [6.45, 7) is 0.512. The van der Waals surface area contributed by atoms with Crippen LogP contribution in [0.25, 0.3) is 0 Å². The van der Waals surface area contributed by atoms with Gasteiger partial charge in [0.15, 0.2) is 6.10 Å². The van der Waals surface area contributed by atoms with Gasteiger partial charge in [0, 0.05) is 26.7 Å². The second-order valence-corrected chi connectivity index (χ2v) is 5.12. The lowest BCUT2D eigenvalue weighted by atomic mass is 10.1. The van der Waals surface area contributed by atoms with Crippen molar-refractivity contribution in [2.24, 2.45) is 11.7 Å². The minimum absolute atomic E-state index is 0.0175. The van der Waals surface area contributed by atoms with E-state index in [9.17, 15) is 4.79 Å². The Kier molecular flexibility index (Phi) is 4.56. The third-order valence-electron chi connectivity index (χ3n) is 3.82. The molecule has 0 heterocycles. The highest BCUT2D eigenvalue weighted by Crippen LogP contribution is 2.35. The molecule has 4 nitrogen and oxygen atoms in total. The molecule has 1 fully saturated rings. The van der Waals surface area contributed by atoms with Gasteiger partial charge < -0.3 is 15.4 Å². The summed E-state index contributed by atoms with van der Waals surface area (Å²) in [5, 5.41) is 0. The van der Waals surface area contributed by atoms with Crippen molar-refractivity contribution in [2.75, 3.05) is 20.7 Å². The molecule has 1 aliphatic rings. The standard InChI is InChI=1S/C15H22N2O2/c1-17(13(10-16)11-8-9-11)15(18)14(19-2)12-6-4-3-5-7-12/h3-7,11,13-14H,8-10,16H2,1-2H3. The first kappa shape index (κ1) is 14.0. The van der Waals surface area contributed by atoms with Crippen LogP contribution in [0.3, 0.4) is 0 Å². The first-order chi connectivity index (χ1) is 9.19. The molecule has 1 saturated carbocycles. The SMILES string of the molecule is COC(C(=O)N(C)C(CN)C1CC1)c1ccccc1. The summed E-state index contributed by atoms with van der Waals surface area (Å²) in [5.41, 5.74) is 6.68. The molecule has 2 rings (SSSR count). The zero-order valence-electron chi connectivity index (χ0n) is 11.6. The van der Waals surface area contributed by atoms with E-state index in [0.29, 0.717) is 12.5 Å². The summed E-state index contributed by atoms with van der Waals surface area (Å²) in [7, 11) is 3.39. The van der Waals surface area contributed by atoms with Crippen LogP contribution in [0.5, 0.6) is 0 Å². The van der Waals surface area contributed by atoms with Crippen LogP contribution in [-0.4, -0.2) is 37.6 Å². The van der Waals surface area contributed by atoms with Gasteiger partial charge in [-0.15, -0.1) is 0 Å². The van der Waals surface area contributed by atoms with Gasteiger partial charge in [0.1, 0.15) is 0 Å². The molecule has 0 radical (unpaired) electrons. The van der Waals surface area contributed by atoms with Crippen LogP contribution in [0.4, 0.5) is 0 Å². The van der Waals surface area contributed by atoms with Crippen molar-refractivity contribution in [3.8, 4) is 0 Å². The molecular formula is C15H22N2O2. The highest BCUT2D eigenvalue weighted by atomic mass is 16.5. The number of likely N-dealkylation sites (N-methyl/N-ethyl adjacent to an activating group) is 1. The average Bonchev–Trinajstić information content (AvgIpc) is 3.26. The number of rotatable bonds is 6. The number of ether oxygens (including phenoxy) is 1. The van der Waals surface area contributed by atoms with Gasteiger partial charge in [-0.05, 0) is 24.3 Å². The molecule has 2 unspecified atom stereocenters. The van der Waals surface area contributed by atoms with Gasteiger partial charge in [-0.2, -0.15) is 0 Å². The molecule has 1 aliphatic carbocycles. The molecule has 0 aliphatic heterocycles. The van der Waals surface area contributed by atoms with Crippen LogP contribution in [0.1, 0.15) is 24.5 Å². The largest absolute Gasteiger partial charge is 0.367 e. The van der Waals surface area contributed by atoms with E-state index in [2.05, 4.69) is 0 Å². The number of carbonyl (C=O) groups excluding carboxylic acids is 1. The van der Waals surface area contributed by atoms with E-state index < -0.39 is 6.10 Å². The lowest BCUT2D eigenvalue weighted by Crippen LogP contribution is -2.45. The lowest BCUT2D eigenvalue weighted by Gasteiger charge is -2.30. The van der Waals surface area contributed by atoms with E-state index in [1.165, 1.54) is 12.8 Å². The summed E-state index contributed by atoms with van der Waals surface area (Å²) >= 11 is 0. The molecule has 0 spiro atoms. The van der Waals surface area contributed by atoms with Gasteiger partial charge >= 0.3 is 0 Å². The third-order valence-corrected chi connectivity index (χ3v) is 3.82. The van der Waals surface area contributed by atoms with E-state index in [-0.39, 0.29) is 11.9 Å². The summed E-state index contributed by atoms with van der Waals surface area (Å²) in [6, 6.07) is 9.71. The van der Waals surface area contributed by atoms with Crippen LogP contribution < -0.4 is 5.73 Å². The van der Waals surface area contributed by atoms with Crippen molar-refractivity contribution < 1.29 is 9.53 Å². The Morgan fingerprint density at radius 1 is 1.42 bits per heavy atom. The van der Waals surface area contributed by atoms with Crippen LogP contribution in [0.15, 0.2) is 30.3 Å². The fraction of sp³-hybridized carbons (Fsp3) is 0.533. The zero-order valence-corrected chi connectivity index (χ0v) is 11.6. The molecule has 0 saturated heterocycles. The molecule has 104 valence electrons. The molecule has 2 atom stereocenters. The zero-order chi connectivity index (χ0) is 13.8. The average molecular weight is 262 g/mol. The van der Waals surface area contributed by atoms with Crippen LogP contribution in [0, 0.1) is 5.92 Å². The van der Waals surface area contributed by atoms with Gasteiger partial charge in [-0.25, -0.2) is 0 Å². The van der Waals surface area contributed by atoms with Gasteiger partial charge in [0.05, 0.1) is 0 Å². The minimum Gasteiger partial charge on any atom is -0.367 e. The number of hydrogen-bond acceptors (Lipinski definition) is 3. The highest BCUT2D eigenvalue weighted by molar-refractivity contribution is 5.82. The quantitative estimate of drug-likeness (QED) is 0.846. The van der Waals surface area contributed by atoms with Crippen LogP contribution in [-0.2, 0) is 9.53 Å². The second-order valence-electron chi connectivity index (χ2n) is 5.12. The van der Waals surface area contributed by atoms with E-state index in [1.807, 2.05) is 37.4 Å². The maximum atomic E-state index is 12.6. The molecule has 0 aromatic heterocycles. The highest BCUT2D eigenvalue weighted by Gasteiger charge is 2.37. The predicted molar refractivity (Wildman–Crippen MR) is 74.5 cm³/mol. The van der Waals surface area contributed by atoms with Gasteiger partial charge in [-0.3, -0.25) is 4.79 Å². The molecule has 2 N–H and O–H groups in total. The Bertz CT molecular complexity index is 417. The summed E-state index contributed by atoms with van der Waals surface area (Å²) < 4.78 is 5.38. The third kappa shape index (κ3) is 3.14. The monoisotopic (exact) mass is 262 g/mol. The van der Waals surface area contributed by atoms with Crippen LogP contribution >= 0.6 is 0 Å². The number of methoxy groups -OCH3 is 1. The van der Waals surface area contributed by atoms with E-state index in [0.717, 1.165) is 5.56 Å². The van der Waals surface area contributed by atoms with Crippen LogP contribution in [0.2, 0.25) is 0 Å². The Morgan fingerprint density at radius 2 is 2.05 bits per heavy atom. The Labute approximate surface area is 114 Å². The van der Waals surface area contributed by atoms with Crippen molar-refractivity contribution in [1.29, 1.82) is 0 Å². The molecule has 4 heteroatoms. The van der Waals surface area contributed by atoms with Crippen molar-refractivity contribution in [1.82, 2.24) is 4.90 Å². The van der Waals surface area contributed by atoms with Gasteiger partial charge in [0.25, 0.3) is 5.91 Å². The molecule has 1 aromatic carbocycles. The first-order valence-electron chi connectivity index (χ1n) is 6.73. The fourth-order valence-corrected chi connectivity index (χ4v) is 2.50. The lowest BCUT2D eigenvalue weighted by molar-refractivity contribution is -0.143.